The lowest BCUT2D eigenvalue weighted by molar-refractivity contribution is -0.348. The van der Waals surface area contributed by atoms with Crippen LogP contribution >= 0.6 is 0 Å². The molecule has 0 bridgehead atoms. The van der Waals surface area contributed by atoms with Crippen LogP contribution in [-0.2, 0) is 18.3 Å². The number of Topliss-reactive ketones (excluding diaryl/α,β-unsaturated/α-hetero) is 1. The van der Waals surface area contributed by atoms with Crippen molar-refractivity contribution in [2.24, 2.45) is 5.92 Å². The van der Waals surface area contributed by atoms with Gasteiger partial charge in [0.05, 0.1) is 23.4 Å². The van der Waals surface area contributed by atoms with Crippen LogP contribution in [0.1, 0.15) is 57.2 Å². The van der Waals surface area contributed by atoms with Gasteiger partial charge in [-0.1, -0.05) is 42.5 Å². The van der Waals surface area contributed by atoms with Crippen LogP contribution in [-0.4, -0.2) is 30.1 Å². The van der Waals surface area contributed by atoms with Crippen molar-refractivity contribution in [3.8, 4) is 0 Å². The first kappa shape index (κ1) is 34.4. The number of hydrogen-bond donors (Lipinski definition) is 0. The van der Waals surface area contributed by atoms with Crippen molar-refractivity contribution in [3.63, 3.8) is 0 Å². The van der Waals surface area contributed by atoms with Crippen LogP contribution in [0.25, 0.3) is 4.85 Å². The van der Waals surface area contributed by atoms with E-state index in [4.69, 9.17) is 6.57 Å². The van der Waals surface area contributed by atoms with Crippen LogP contribution in [0.2, 0.25) is 0 Å². The van der Waals surface area contributed by atoms with Gasteiger partial charge in [-0.2, -0.15) is 39.5 Å². The molecule has 1 unspecified atom stereocenters. The maximum atomic E-state index is 16.0. The molecule has 0 saturated heterocycles. The molecule has 1 aliphatic rings. The molecule has 1 fully saturated rings. The Morgan fingerprint density at radius 1 is 0.891 bits per heavy atom. The lowest BCUT2D eigenvalue weighted by Crippen LogP contribution is -2.50. The van der Waals surface area contributed by atoms with Gasteiger partial charge in [0.25, 0.3) is 5.91 Å². The number of rotatable bonds is 8. The van der Waals surface area contributed by atoms with E-state index in [1.807, 2.05) is 0 Å². The SMILES string of the molecule is [C-]#[N+]c1ccc(C(=O)N(c2cccc(C(=O)Cc3ccc(C(F)(C(F)(F)F)C(F)(F)F)cc3C(F)(F)F)c2F)C(C)C2CC2)cc1. The lowest BCUT2D eigenvalue weighted by Gasteiger charge is -2.31. The molecule has 1 aliphatic carbocycles. The van der Waals surface area contributed by atoms with Crippen molar-refractivity contribution < 1.29 is 57.9 Å². The molecule has 0 aromatic heterocycles. The fourth-order valence-electron chi connectivity index (χ4n) is 5.01. The topological polar surface area (TPSA) is 41.7 Å². The Kier molecular flexibility index (Phi) is 9.00. The molecule has 46 heavy (non-hydrogen) atoms. The smallest absolute Gasteiger partial charge is 0.302 e. The molecule has 15 heteroatoms. The van der Waals surface area contributed by atoms with Crippen LogP contribution in [0, 0.1) is 18.3 Å². The van der Waals surface area contributed by atoms with E-state index in [9.17, 15) is 53.5 Å². The minimum Gasteiger partial charge on any atom is -0.302 e. The summed E-state index contributed by atoms with van der Waals surface area (Å²) in [5, 5.41) is 0. The second-order valence-corrected chi connectivity index (χ2v) is 10.7. The Labute approximate surface area is 254 Å². The number of nitrogens with zero attached hydrogens (tertiary/aromatic N) is 2. The molecule has 0 heterocycles. The summed E-state index contributed by atoms with van der Waals surface area (Å²) in [6.07, 6.45) is -19.0. The maximum absolute atomic E-state index is 16.0. The molecule has 4 rings (SSSR count). The van der Waals surface area contributed by atoms with Gasteiger partial charge in [0, 0.05) is 23.6 Å². The number of ketones is 1. The van der Waals surface area contributed by atoms with Crippen LogP contribution in [0.4, 0.5) is 59.7 Å². The van der Waals surface area contributed by atoms with Gasteiger partial charge in [-0.3, -0.25) is 9.59 Å². The Bertz CT molecular complexity index is 1670. The average Bonchev–Trinajstić information content (AvgIpc) is 3.82. The average molecular weight is 662 g/mol. The molecule has 4 nitrogen and oxygen atoms in total. The fraction of sp³-hybridized carbons (Fsp3) is 0.323. The predicted molar refractivity (Wildman–Crippen MR) is 142 cm³/mol. The molecule has 0 aliphatic heterocycles. The van der Waals surface area contributed by atoms with Crippen LogP contribution in [0.15, 0.2) is 60.7 Å². The molecule has 1 saturated carbocycles. The highest BCUT2D eigenvalue weighted by Gasteiger charge is 2.73. The van der Waals surface area contributed by atoms with Gasteiger partial charge in [0.1, 0.15) is 0 Å². The van der Waals surface area contributed by atoms with E-state index in [2.05, 4.69) is 4.85 Å². The number of hydrogen-bond acceptors (Lipinski definition) is 2. The van der Waals surface area contributed by atoms with E-state index < -0.39 is 88.2 Å². The van der Waals surface area contributed by atoms with Gasteiger partial charge in [-0.25, -0.2) is 13.6 Å². The largest absolute Gasteiger partial charge is 0.435 e. The van der Waals surface area contributed by atoms with Gasteiger partial charge in [0.15, 0.2) is 17.3 Å². The number of carbonyl (C=O) groups excluding carboxylic acids is 2. The molecule has 244 valence electrons. The van der Waals surface area contributed by atoms with Crippen molar-refractivity contribution in [1.29, 1.82) is 0 Å². The van der Waals surface area contributed by atoms with Gasteiger partial charge >= 0.3 is 24.2 Å². The predicted octanol–water partition coefficient (Wildman–Crippen LogP) is 9.56. The Balaban J connectivity index is 1.75. The van der Waals surface area contributed by atoms with E-state index >= 15 is 4.39 Å². The number of amides is 1. The van der Waals surface area contributed by atoms with Crippen molar-refractivity contribution >= 4 is 23.1 Å². The minimum atomic E-state index is -6.69. The van der Waals surface area contributed by atoms with Crippen LogP contribution in [0.5, 0.6) is 0 Å². The Hall–Kier alpha value is -4.48. The normalized spacial score (nSPS) is 14.8. The first-order valence-corrected chi connectivity index (χ1v) is 13.4. The van der Waals surface area contributed by atoms with Gasteiger partial charge < -0.3 is 4.90 Å². The third-order valence-electron chi connectivity index (χ3n) is 7.66. The Morgan fingerprint density at radius 3 is 1.98 bits per heavy atom. The third kappa shape index (κ3) is 6.43. The van der Waals surface area contributed by atoms with Gasteiger partial charge in [-0.15, -0.1) is 0 Å². The molecule has 1 amide bonds. The van der Waals surface area contributed by atoms with Crippen molar-refractivity contribution in [2.75, 3.05) is 4.90 Å². The summed E-state index contributed by atoms with van der Waals surface area (Å²) in [4.78, 5) is 31.0. The zero-order valence-corrected chi connectivity index (χ0v) is 23.4. The molecular weight excluding hydrogens is 641 g/mol. The number of halogens is 11. The van der Waals surface area contributed by atoms with Crippen LogP contribution in [0.3, 0.4) is 0 Å². The highest BCUT2D eigenvalue weighted by atomic mass is 19.4. The third-order valence-corrected chi connectivity index (χ3v) is 7.66. The lowest BCUT2D eigenvalue weighted by atomic mass is 9.89. The number of anilines is 1. The number of carbonyl (C=O) groups is 2. The van der Waals surface area contributed by atoms with Crippen molar-refractivity contribution in [1.82, 2.24) is 0 Å². The summed E-state index contributed by atoms with van der Waals surface area (Å²) >= 11 is 0. The molecule has 0 N–H and O–H groups in total. The summed E-state index contributed by atoms with van der Waals surface area (Å²) in [6, 6.07) is 7.22. The summed E-state index contributed by atoms with van der Waals surface area (Å²) in [6.45, 7) is 8.68. The maximum Gasteiger partial charge on any atom is 0.435 e. The molecule has 0 spiro atoms. The summed E-state index contributed by atoms with van der Waals surface area (Å²) in [5.74, 6) is -3.43. The number of benzene rings is 3. The van der Waals surface area contributed by atoms with E-state index in [0.29, 0.717) is 12.8 Å². The summed E-state index contributed by atoms with van der Waals surface area (Å²) < 4.78 is 151. The van der Waals surface area contributed by atoms with Gasteiger partial charge in [0.2, 0.25) is 0 Å². The Morgan fingerprint density at radius 2 is 1.48 bits per heavy atom. The van der Waals surface area contributed by atoms with Crippen LogP contribution < -0.4 is 4.90 Å². The van der Waals surface area contributed by atoms with E-state index in [1.165, 1.54) is 24.3 Å². The first-order chi connectivity index (χ1) is 21.2. The standard InChI is InChI=1S/C31H21F11N2O2/c1-16(17-6-7-17)44(27(46)18-9-12-21(43-2)13-10-18)24-5-3-4-22(26(24)32)25(45)14-19-8-11-20(15-23(19)29(34,35)36)28(33,30(37,38)39)31(40,41)42/h3-5,8-13,15-17H,6-7,14H2,1H3. The van der Waals surface area contributed by atoms with Crippen molar-refractivity contribution in [2.45, 2.75) is 56.4 Å². The van der Waals surface area contributed by atoms with E-state index in [-0.39, 0.29) is 29.3 Å². The molecule has 3 aromatic rings. The quantitative estimate of drug-likeness (QED) is 0.137. The second-order valence-electron chi connectivity index (χ2n) is 10.7. The molecule has 3 aromatic carbocycles. The number of alkyl halides is 10. The monoisotopic (exact) mass is 662 g/mol. The zero-order valence-electron chi connectivity index (χ0n) is 23.4. The zero-order chi connectivity index (χ0) is 34.4. The fourth-order valence-corrected chi connectivity index (χ4v) is 5.01. The summed E-state index contributed by atoms with van der Waals surface area (Å²) in [7, 11) is 0. The molecule has 1 atom stereocenters. The first-order valence-electron chi connectivity index (χ1n) is 13.4. The van der Waals surface area contributed by atoms with E-state index in [0.717, 1.165) is 23.1 Å². The molecule has 0 radical (unpaired) electrons. The minimum absolute atomic E-state index is 0.0471. The second kappa shape index (κ2) is 12.0. The van der Waals surface area contributed by atoms with Gasteiger partial charge in [-0.05, 0) is 49.4 Å². The molecular formula is C31H21F11N2O2. The van der Waals surface area contributed by atoms with E-state index in [1.54, 1.807) is 6.92 Å². The highest BCUT2D eigenvalue weighted by molar-refractivity contribution is 6.08. The summed E-state index contributed by atoms with van der Waals surface area (Å²) in [5.41, 5.74) is -12.8. The van der Waals surface area contributed by atoms with Crippen molar-refractivity contribution in [3.05, 3.63) is 106 Å². The highest BCUT2D eigenvalue weighted by Crippen LogP contribution is 2.54.